The predicted molar refractivity (Wildman–Crippen MR) is 79.2 cm³/mol. The van der Waals surface area contributed by atoms with E-state index in [0.29, 0.717) is 11.3 Å². The Morgan fingerprint density at radius 2 is 1.85 bits per heavy atom. The first kappa shape index (κ1) is 16.2. The van der Waals surface area contributed by atoms with E-state index in [1.165, 1.54) is 6.92 Å². The number of nitrogens with one attached hydrogen (secondary N) is 1. The molecule has 1 unspecified atom stereocenters. The average molecular weight is 277 g/mol. The van der Waals surface area contributed by atoms with E-state index in [2.05, 4.69) is 5.32 Å². The molecule has 1 atom stereocenters. The second kappa shape index (κ2) is 6.07. The zero-order chi connectivity index (χ0) is 15.5. The van der Waals surface area contributed by atoms with E-state index in [9.17, 15) is 9.59 Å². The first-order chi connectivity index (χ1) is 9.10. The van der Waals surface area contributed by atoms with E-state index in [-0.39, 0.29) is 17.2 Å². The quantitative estimate of drug-likeness (QED) is 0.861. The molecular weight excluding hydrogens is 254 g/mol. The molecule has 0 saturated carbocycles. The van der Waals surface area contributed by atoms with Gasteiger partial charge >= 0.3 is 0 Å². The summed E-state index contributed by atoms with van der Waals surface area (Å²) in [5.74, 6) is 0.166. The van der Waals surface area contributed by atoms with Crippen molar-refractivity contribution in [1.29, 1.82) is 0 Å². The molecular formula is C16H23NO3. The van der Waals surface area contributed by atoms with Crippen molar-refractivity contribution in [2.24, 2.45) is 0 Å². The molecule has 0 aliphatic rings. The summed E-state index contributed by atoms with van der Waals surface area (Å²) in [5, 5.41) is 2.85. The van der Waals surface area contributed by atoms with Gasteiger partial charge in [-0.25, -0.2) is 0 Å². The summed E-state index contributed by atoms with van der Waals surface area (Å²) in [6, 6.07) is 5.36. The van der Waals surface area contributed by atoms with Crippen LogP contribution >= 0.6 is 0 Å². The van der Waals surface area contributed by atoms with E-state index in [0.717, 1.165) is 5.56 Å². The van der Waals surface area contributed by atoms with Crippen molar-refractivity contribution >= 4 is 11.7 Å². The Bertz CT molecular complexity index is 515. The summed E-state index contributed by atoms with van der Waals surface area (Å²) in [7, 11) is 0. The van der Waals surface area contributed by atoms with Crippen molar-refractivity contribution in [3.05, 3.63) is 29.3 Å². The van der Waals surface area contributed by atoms with Crippen LogP contribution in [0.4, 0.5) is 0 Å². The molecule has 0 heterocycles. The maximum atomic E-state index is 12.0. The van der Waals surface area contributed by atoms with Crippen molar-refractivity contribution in [3.63, 3.8) is 0 Å². The summed E-state index contributed by atoms with van der Waals surface area (Å²) < 4.78 is 5.64. The van der Waals surface area contributed by atoms with E-state index in [1.54, 1.807) is 19.1 Å². The number of rotatable bonds is 4. The third-order valence-electron chi connectivity index (χ3n) is 2.69. The average Bonchev–Trinajstić information content (AvgIpc) is 2.28. The van der Waals surface area contributed by atoms with Crippen molar-refractivity contribution in [2.75, 3.05) is 0 Å². The number of ether oxygens (including phenoxy) is 1. The van der Waals surface area contributed by atoms with Gasteiger partial charge in [-0.2, -0.15) is 0 Å². The third-order valence-corrected chi connectivity index (χ3v) is 2.69. The summed E-state index contributed by atoms with van der Waals surface area (Å²) in [5.41, 5.74) is 1.17. The van der Waals surface area contributed by atoms with Crippen LogP contribution in [0.2, 0.25) is 0 Å². The maximum absolute atomic E-state index is 12.0. The molecule has 0 saturated heterocycles. The first-order valence-electron chi connectivity index (χ1n) is 6.70. The Balaban J connectivity index is 2.88. The lowest BCUT2D eigenvalue weighted by atomic mass is 10.1. The highest BCUT2D eigenvalue weighted by Crippen LogP contribution is 2.22. The minimum absolute atomic E-state index is 0.0767. The molecule has 0 aliphatic carbocycles. The van der Waals surface area contributed by atoms with E-state index < -0.39 is 6.10 Å². The molecule has 0 aromatic heterocycles. The van der Waals surface area contributed by atoms with Gasteiger partial charge in [-0.15, -0.1) is 0 Å². The van der Waals surface area contributed by atoms with Crippen LogP contribution in [0.25, 0.3) is 0 Å². The normalized spacial score (nSPS) is 12.7. The Hall–Kier alpha value is -1.84. The lowest BCUT2D eigenvalue weighted by Gasteiger charge is -2.24. The Morgan fingerprint density at radius 3 is 2.35 bits per heavy atom. The Kier molecular flexibility index (Phi) is 4.93. The highest BCUT2D eigenvalue weighted by molar-refractivity contribution is 5.97. The van der Waals surface area contributed by atoms with Crippen LogP contribution in [0.3, 0.4) is 0 Å². The molecule has 1 amide bonds. The molecule has 1 aromatic rings. The zero-order valence-electron chi connectivity index (χ0n) is 13.0. The van der Waals surface area contributed by atoms with Crippen LogP contribution in [0.15, 0.2) is 18.2 Å². The number of hydrogen-bond donors (Lipinski definition) is 1. The number of aryl methyl sites for hydroxylation is 1. The van der Waals surface area contributed by atoms with Crippen LogP contribution in [0.5, 0.6) is 5.75 Å². The number of benzene rings is 1. The first-order valence-corrected chi connectivity index (χ1v) is 6.70. The fraction of sp³-hybridized carbons (Fsp3) is 0.500. The van der Waals surface area contributed by atoms with E-state index >= 15 is 0 Å². The van der Waals surface area contributed by atoms with Gasteiger partial charge in [0, 0.05) is 5.54 Å². The van der Waals surface area contributed by atoms with Gasteiger partial charge in [0.2, 0.25) is 0 Å². The highest BCUT2D eigenvalue weighted by atomic mass is 16.5. The predicted octanol–water partition coefficient (Wildman–Crippen LogP) is 2.88. The van der Waals surface area contributed by atoms with Crippen LogP contribution in [-0.4, -0.2) is 23.3 Å². The van der Waals surface area contributed by atoms with Gasteiger partial charge in [0.15, 0.2) is 11.9 Å². The van der Waals surface area contributed by atoms with Crippen LogP contribution in [0.1, 0.15) is 50.5 Å². The van der Waals surface area contributed by atoms with Gasteiger partial charge in [-0.3, -0.25) is 9.59 Å². The SMILES string of the molecule is CC(=O)c1cc(C)ccc1OC(C)C(=O)NC(C)(C)C. The minimum Gasteiger partial charge on any atom is -0.480 e. The standard InChI is InChI=1S/C16H23NO3/c1-10-7-8-14(13(9-10)11(2)18)20-12(3)15(19)17-16(4,5)6/h7-9,12H,1-6H3,(H,17,19). The minimum atomic E-state index is -0.657. The lowest BCUT2D eigenvalue weighted by Crippen LogP contribution is -2.46. The van der Waals surface area contributed by atoms with E-state index in [4.69, 9.17) is 4.74 Å². The molecule has 110 valence electrons. The van der Waals surface area contributed by atoms with Crippen LogP contribution in [0, 0.1) is 6.92 Å². The molecule has 0 spiro atoms. The van der Waals surface area contributed by atoms with Gasteiger partial charge in [0.05, 0.1) is 5.56 Å². The molecule has 20 heavy (non-hydrogen) atoms. The molecule has 1 rings (SSSR count). The largest absolute Gasteiger partial charge is 0.480 e. The Labute approximate surface area is 120 Å². The van der Waals surface area contributed by atoms with E-state index in [1.807, 2.05) is 33.8 Å². The smallest absolute Gasteiger partial charge is 0.261 e. The van der Waals surface area contributed by atoms with Gasteiger partial charge in [-0.1, -0.05) is 11.6 Å². The number of carbonyl (C=O) groups excluding carboxylic acids is 2. The summed E-state index contributed by atoms with van der Waals surface area (Å²) in [6.07, 6.45) is -0.657. The summed E-state index contributed by atoms with van der Waals surface area (Å²) >= 11 is 0. The summed E-state index contributed by atoms with van der Waals surface area (Å²) in [4.78, 5) is 23.6. The highest BCUT2D eigenvalue weighted by Gasteiger charge is 2.21. The molecule has 4 nitrogen and oxygen atoms in total. The van der Waals surface area contributed by atoms with Crippen LogP contribution < -0.4 is 10.1 Å². The van der Waals surface area contributed by atoms with Gasteiger partial charge in [-0.05, 0) is 53.7 Å². The topological polar surface area (TPSA) is 55.4 Å². The Morgan fingerprint density at radius 1 is 1.25 bits per heavy atom. The van der Waals surface area contributed by atoms with Crippen molar-refractivity contribution in [1.82, 2.24) is 5.32 Å². The van der Waals surface area contributed by atoms with Gasteiger partial charge in [0.1, 0.15) is 5.75 Å². The second-order valence-corrected chi connectivity index (χ2v) is 6.06. The molecule has 0 bridgehead atoms. The lowest BCUT2D eigenvalue weighted by molar-refractivity contribution is -0.128. The molecule has 1 aromatic carbocycles. The van der Waals surface area contributed by atoms with Crippen molar-refractivity contribution < 1.29 is 14.3 Å². The van der Waals surface area contributed by atoms with Crippen molar-refractivity contribution in [3.8, 4) is 5.75 Å². The number of hydrogen-bond acceptors (Lipinski definition) is 3. The van der Waals surface area contributed by atoms with Gasteiger partial charge < -0.3 is 10.1 Å². The van der Waals surface area contributed by atoms with Gasteiger partial charge in [0.25, 0.3) is 5.91 Å². The zero-order valence-corrected chi connectivity index (χ0v) is 13.0. The molecule has 0 aliphatic heterocycles. The molecule has 4 heteroatoms. The van der Waals surface area contributed by atoms with Crippen molar-refractivity contribution in [2.45, 2.75) is 53.2 Å². The fourth-order valence-corrected chi connectivity index (χ4v) is 1.74. The monoisotopic (exact) mass is 277 g/mol. The number of ketones is 1. The second-order valence-electron chi connectivity index (χ2n) is 6.06. The number of amides is 1. The number of Topliss-reactive ketones (excluding diaryl/α,β-unsaturated/α-hetero) is 1. The summed E-state index contributed by atoms with van der Waals surface area (Å²) in [6.45, 7) is 10.8. The molecule has 0 fully saturated rings. The fourth-order valence-electron chi connectivity index (χ4n) is 1.74. The maximum Gasteiger partial charge on any atom is 0.261 e. The third kappa shape index (κ3) is 4.68. The van der Waals surface area contributed by atoms with Crippen LogP contribution in [-0.2, 0) is 4.79 Å². The molecule has 1 N–H and O–H groups in total. The molecule has 0 radical (unpaired) electrons. The number of carbonyl (C=O) groups is 2.